The first-order valence-corrected chi connectivity index (χ1v) is 24.3. The summed E-state index contributed by atoms with van der Waals surface area (Å²) in [6.45, 7) is 3.67. The second-order valence-corrected chi connectivity index (χ2v) is 19.6. The van der Waals surface area contributed by atoms with Crippen LogP contribution in [-0.4, -0.2) is 116 Å². The molecule has 6 atom stereocenters. The molecule has 0 unspecified atom stereocenters. The van der Waals surface area contributed by atoms with E-state index in [4.69, 9.17) is 14.7 Å². The van der Waals surface area contributed by atoms with Gasteiger partial charge in [-0.25, -0.2) is 19.9 Å². The van der Waals surface area contributed by atoms with E-state index in [1.165, 1.54) is 44.1 Å². The molecule has 2 saturated carbocycles. The second kappa shape index (κ2) is 17.8. The number of likely N-dealkylation sites (N-methyl/N-ethyl adjacent to an activating group) is 1. The highest BCUT2D eigenvalue weighted by molar-refractivity contribution is 5.96. The predicted molar refractivity (Wildman–Crippen MR) is 247 cm³/mol. The highest BCUT2D eigenvalue weighted by Crippen LogP contribution is 2.43. The van der Waals surface area contributed by atoms with Crippen LogP contribution in [0.1, 0.15) is 132 Å². The van der Waals surface area contributed by atoms with Gasteiger partial charge in [0.1, 0.15) is 0 Å². The van der Waals surface area contributed by atoms with Gasteiger partial charge in [-0.15, -0.1) is 0 Å². The molecule has 1 N–H and O–H groups in total. The van der Waals surface area contributed by atoms with Crippen LogP contribution in [0.5, 0.6) is 0 Å². The van der Waals surface area contributed by atoms with Gasteiger partial charge in [0, 0.05) is 104 Å². The quantitative estimate of drug-likeness (QED) is 0.182. The summed E-state index contributed by atoms with van der Waals surface area (Å²) in [5.74, 6) is 2.72. The monoisotopic (exact) mass is 886 g/mol. The Bertz CT molecular complexity index is 2570. The van der Waals surface area contributed by atoms with Gasteiger partial charge >= 0.3 is 0 Å². The van der Waals surface area contributed by atoms with Gasteiger partial charge in [-0.1, -0.05) is 0 Å². The number of nitrogens with zero attached hydrogens (tertiary/aromatic N) is 11. The number of carbonyl (C=O) groups excluding carboxylic acids is 2. The Kier molecular flexibility index (Phi) is 11.4. The number of ether oxygens (including phenoxy) is 1. The molecule has 2 aromatic heterocycles. The summed E-state index contributed by atoms with van der Waals surface area (Å²) in [6.07, 6.45) is 23.4. The lowest BCUT2D eigenvalue weighted by molar-refractivity contribution is 0.0699. The molecule has 15 heteroatoms. The maximum atomic E-state index is 13.3. The molecule has 7 fully saturated rings. The lowest BCUT2D eigenvalue weighted by Crippen LogP contribution is -2.44. The van der Waals surface area contributed by atoms with Crippen molar-refractivity contribution in [1.82, 2.24) is 40.0 Å². The van der Waals surface area contributed by atoms with Crippen molar-refractivity contribution in [1.29, 1.82) is 10.5 Å². The highest BCUT2D eigenvalue weighted by atomic mass is 16.5. The Morgan fingerprint density at radius 1 is 0.697 bits per heavy atom. The van der Waals surface area contributed by atoms with Crippen LogP contribution in [0.3, 0.4) is 0 Å². The average Bonchev–Trinajstić information content (AvgIpc) is 3.83. The highest BCUT2D eigenvalue weighted by Gasteiger charge is 2.49. The topological polar surface area (TPSA) is 171 Å². The molecule has 5 saturated heterocycles. The molecule has 7 aliphatic heterocycles. The Morgan fingerprint density at radius 3 is 1.77 bits per heavy atom. The average molecular weight is 887 g/mol. The lowest BCUT2D eigenvalue weighted by Gasteiger charge is -2.30. The van der Waals surface area contributed by atoms with E-state index in [9.17, 15) is 20.1 Å². The molecular formula is C51H58N12O3. The molecular weight excluding hydrogens is 829 g/mol. The van der Waals surface area contributed by atoms with Crippen LogP contribution in [0.4, 0.5) is 23.3 Å². The molecule has 340 valence electrons. The normalized spacial score (nSPS) is 26.2. The minimum absolute atomic E-state index is 0.0429. The van der Waals surface area contributed by atoms with Crippen LogP contribution in [0.15, 0.2) is 60.9 Å². The number of rotatable bonds is 8. The van der Waals surface area contributed by atoms with Gasteiger partial charge in [0.25, 0.3) is 11.8 Å². The number of anilines is 4. The summed E-state index contributed by atoms with van der Waals surface area (Å²) in [6, 6.07) is 17.1. The fourth-order valence-electron chi connectivity index (χ4n) is 11.6. The van der Waals surface area contributed by atoms with Crippen LogP contribution in [0, 0.1) is 22.9 Å². The SMILES string of the molecule is C1CCOC1.CN(C(=O)c1ccc2c(c1)CCN2c1nccc(C2CC2)n1)[C@@H]1C[C@@H]2CC[C@H]1N2C#N.N#CN1[C@H]2CC[C@@H]1[C@H](NC(=O)c1ccc3c(c1)CCN3c1nccc(C3CC3)n1)C2. The number of nitrogens with one attached hydrogen (secondary N) is 1. The Morgan fingerprint density at radius 2 is 1.24 bits per heavy atom. The van der Waals surface area contributed by atoms with E-state index in [0.717, 1.165) is 123 Å². The van der Waals surface area contributed by atoms with Crippen molar-refractivity contribution in [2.24, 2.45) is 0 Å². The van der Waals surface area contributed by atoms with Crippen molar-refractivity contribution < 1.29 is 14.3 Å². The number of fused-ring (bicyclic) bond motifs is 6. The Labute approximate surface area is 386 Å². The van der Waals surface area contributed by atoms with Gasteiger partial charge in [-0.3, -0.25) is 9.59 Å². The number of hydrogen-bond donors (Lipinski definition) is 1. The zero-order chi connectivity index (χ0) is 44.9. The first-order valence-electron chi connectivity index (χ1n) is 24.3. The number of aromatic nitrogens is 4. The molecule has 0 spiro atoms. The smallest absolute Gasteiger partial charge is 0.253 e. The minimum Gasteiger partial charge on any atom is -0.381 e. The van der Waals surface area contributed by atoms with Gasteiger partial charge < -0.3 is 34.6 Å². The van der Waals surface area contributed by atoms with Crippen molar-refractivity contribution in [2.45, 2.75) is 138 Å². The standard InChI is InChI=1S/C24H26N6O.C23H24N6O.C4H8O/c1-28(22-13-18-5-7-21(22)30(18)14-25)23(31)17-4-6-20-16(12-17)9-11-29(20)24-26-10-8-19(27-24)15-2-3-15;24-13-29-17-4-6-21(29)19(12-17)26-22(30)16-3-5-20-15(11-16)8-10-28(20)23-25-9-7-18(27-23)14-1-2-14;1-2-4-5-3-1/h4,6,8,10,12,15,18,21-22H,2-3,5,7,9,11,13H2,1H3;3,5,7,9,11,14,17,19,21H,1-2,4,6,8,10,12H2,(H,26,30);1-4H2/t18-,21+,22+;17-,19+,21+;/m00./s1. The van der Waals surface area contributed by atoms with Crippen LogP contribution in [0.25, 0.3) is 0 Å². The van der Waals surface area contributed by atoms with Crippen molar-refractivity contribution in [2.75, 3.05) is 43.2 Å². The van der Waals surface area contributed by atoms with E-state index < -0.39 is 0 Å². The number of hydrogen-bond acceptors (Lipinski definition) is 13. The number of amides is 2. The van der Waals surface area contributed by atoms with Crippen LogP contribution < -0.4 is 15.1 Å². The zero-order valence-electron chi connectivity index (χ0n) is 37.8. The maximum absolute atomic E-state index is 13.3. The van der Waals surface area contributed by atoms with E-state index in [1.807, 2.05) is 82.7 Å². The molecule has 9 aliphatic rings. The van der Waals surface area contributed by atoms with Crippen LogP contribution >= 0.6 is 0 Å². The van der Waals surface area contributed by atoms with Crippen molar-refractivity contribution in [3.05, 3.63) is 94.6 Å². The first kappa shape index (κ1) is 42.3. The minimum atomic E-state index is -0.0429. The van der Waals surface area contributed by atoms with Gasteiger partial charge in [-0.2, -0.15) is 10.5 Å². The first-order chi connectivity index (χ1) is 32.3. The summed E-state index contributed by atoms with van der Waals surface area (Å²) in [4.78, 5) is 54.7. The molecule has 2 amide bonds. The van der Waals surface area contributed by atoms with Crippen LogP contribution in [0.2, 0.25) is 0 Å². The van der Waals surface area contributed by atoms with Crippen molar-refractivity contribution >= 4 is 35.1 Å². The van der Waals surface area contributed by atoms with Crippen molar-refractivity contribution in [3.63, 3.8) is 0 Å². The molecule has 0 radical (unpaired) electrons. The van der Waals surface area contributed by atoms with E-state index in [1.54, 1.807) is 0 Å². The maximum Gasteiger partial charge on any atom is 0.253 e. The van der Waals surface area contributed by atoms with E-state index >= 15 is 0 Å². The summed E-state index contributed by atoms with van der Waals surface area (Å²) in [5, 5.41) is 22.0. The number of benzene rings is 2. The summed E-state index contributed by atoms with van der Waals surface area (Å²) >= 11 is 0. The molecule has 9 heterocycles. The Hall–Kier alpha value is -6.32. The number of nitriles is 2. The molecule has 2 aromatic carbocycles. The summed E-state index contributed by atoms with van der Waals surface area (Å²) < 4.78 is 4.94. The third-order valence-corrected chi connectivity index (χ3v) is 15.5. The van der Waals surface area contributed by atoms with Gasteiger partial charge in [0.2, 0.25) is 11.9 Å². The van der Waals surface area contributed by atoms with Gasteiger partial charge in [-0.05, 0) is 150 Å². The van der Waals surface area contributed by atoms with Gasteiger partial charge in [0.15, 0.2) is 12.4 Å². The second-order valence-electron chi connectivity index (χ2n) is 19.6. The fraction of sp³-hybridized carbons (Fsp3) is 0.529. The van der Waals surface area contributed by atoms with Crippen molar-refractivity contribution in [3.8, 4) is 12.4 Å². The van der Waals surface area contributed by atoms with E-state index in [0.29, 0.717) is 29.5 Å². The fourth-order valence-corrected chi connectivity index (χ4v) is 11.6. The third-order valence-electron chi connectivity index (χ3n) is 15.5. The van der Waals surface area contributed by atoms with Gasteiger partial charge in [0.05, 0.1) is 24.2 Å². The number of carbonyl (C=O) groups is 2. The molecule has 66 heavy (non-hydrogen) atoms. The van der Waals surface area contributed by atoms with E-state index in [-0.39, 0.29) is 36.0 Å². The zero-order valence-corrected chi connectivity index (χ0v) is 37.8. The molecule has 15 nitrogen and oxygen atoms in total. The largest absolute Gasteiger partial charge is 0.381 e. The van der Waals surface area contributed by atoms with E-state index in [2.05, 4.69) is 37.5 Å². The molecule has 2 aliphatic carbocycles. The lowest BCUT2D eigenvalue weighted by atomic mass is 9.94. The summed E-state index contributed by atoms with van der Waals surface area (Å²) in [5.41, 5.74) is 8.22. The Balaban J connectivity index is 0.000000132. The molecule has 4 aromatic rings. The van der Waals surface area contributed by atoms with Crippen LogP contribution in [-0.2, 0) is 17.6 Å². The molecule has 4 bridgehead atoms. The third kappa shape index (κ3) is 8.16. The molecule has 13 rings (SSSR count). The summed E-state index contributed by atoms with van der Waals surface area (Å²) in [7, 11) is 1.89. The predicted octanol–water partition coefficient (Wildman–Crippen LogP) is 6.87.